The third-order valence-electron chi connectivity index (χ3n) is 2.99. The number of benzene rings is 2. The van der Waals surface area contributed by atoms with Gasteiger partial charge in [0.15, 0.2) is 0 Å². The van der Waals surface area contributed by atoms with Gasteiger partial charge in [-0.25, -0.2) is 0 Å². The normalized spacial score (nSPS) is 10.1. The van der Waals surface area contributed by atoms with E-state index in [1.54, 1.807) is 0 Å². The zero-order chi connectivity index (χ0) is 12.8. The predicted octanol–water partition coefficient (Wildman–Crippen LogP) is 3.35. The van der Waals surface area contributed by atoms with Crippen molar-refractivity contribution in [1.82, 2.24) is 0 Å². The molecule has 0 saturated carbocycles. The van der Waals surface area contributed by atoms with Crippen LogP contribution in [-0.2, 0) is 17.8 Å². The SMILES string of the molecule is Cc1cc(NCc2ccccc2)ccc1CC=O. The number of rotatable bonds is 5. The molecule has 2 aromatic carbocycles. The minimum atomic E-state index is 0.491. The van der Waals surface area contributed by atoms with Gasteiger partial charge in [-0.2, -0.15) is 0 Å². The molecule has 0 bridgehead atoms. The molecule has 0 aliphatic rings. The molecule has 0 aliphatic carbocycles. The Kier molecular flexibility index (Phi) is 4.13. The van der Waals surface area contributed by atoms with Crippen molar-refractivity contribution in [3.8, 4) is 0 Å². The molecule has 0 aromatic heterocycles. The van der Waals surface area contributed by atoms with Crippen LogP contribution < -0.4 is 5.32 Å². The Hall–Kier alpha value is -2.09. The highest BCUT2D eigenvalue weighted by Crippen LogP contribution is 2.16. The number of carbonyl (C=O) groups is 1. The van der Waals surface area contributed by atoms with Gasteiger partial charge in [0, 0.05) is 18.7 Å². The number of hydrogen-bond acceptors (Lipinski definition) is 2. The van der Waals surface area contributed by atoms with Crippen LogP contribution in [0.25, 0.3) is 0 Å². The first kappa shape index (κ1) is 12.4. The summed E-state index contributed by atoms with van der Waals surface area (Å²) < 4.78 is 0. The minimum absolute atomic E-state index is 0.491. The molecule has 1 N–H and O–H groups in total. The maximum Gasteiger partial charge on any atom is 0.124 e. The molecule has 18 heavy (non-hydrogen) atoms. The average molecular weight is 239 g/mol. The molecule has 2 rings (SSSR count). The third kappa shape index (κ3) is 3.20. The van der Waals surface area contributed by atoms with Gasteiger partial charge in [0.25, 0.3) is 0 Å². The molecular formula is C16H17NO. The highest BCUT2D eigenvalue weighted by atomic mass is 16.1. The summed E-state index contributed by atoms with van der Waals surface area (Å²) in [5.41, 5.74) is 4.59. The lowest BCUT2D eigenvalue weighted by Gasteiger charge is -2.09. The summed E-state index contributed by atoms with van der Waals surface area (Å²) in [6.45, 7) is 2.85. The summed E-state index contributed by atoms with van der Waals surface area (Å²) in [6, 6.07) is 16.4. The maximum absolute atomic E-state index is 10.5. The Labute approximate surface area is 108 Å². The number of aryl methyl sites for hydroxylation is 1. The van der Waals surface area contributed by atoms with E-state index < -0.39 is 0 Å². The summed E-state index contributed by atoms with van der Waals surface area (Å²) in [4.78, 5) is 10.5. The Bertz CT molecular complexity index is 520. The molecule has 0 radical (unpaired) electrons. The molecule has 0 unspecified atom stereocenters. The van der Waals surface area contributed by atoms with Gasteiger partial charge in [-0.05, 0) is 35.7 Å². The smallest absolute Gasteiger partial charge is 0.124 e. The molecule has 0 atom stereocenters. The van der Waals surface area contributed by atoms with Crippen LogP contribution in [0.4, 0.5) is 5.69 Å². The molecule has 2 nitrogen and oxygen atoms in total. The largest absolute Gasteiger partial charge is 0.381 e. The van der Waals surface area contributed by atoms with Crippen LogP contribution in [0.3, 0.4) is 0 Å². The van der Waals surface area contributed by atoms with E-state index in [1.165, 1.54) is 5.56 Å². The van der Waals surface area contributed by atoms with E-state index in [0.29, 0.717) is 6.42 Å². The number of hydrogen-bond donors (Lipinski definition) is 1. The number of carbonyl (C=O) groups excluding carboxylic acids is 1. The molecule has 92 valence electrons. The lowest BCUT2D eigenvalue weighted by molar-refractivity contribution is -0.107. The number of aldehydes is 1. The van der Waals surface area contributed by atoms with E-state index in [0.717, 1.165) is 29.6 Å². The van der Waals surface area contributed by atoms with Crippen molar-refractivity contribution in [3.05, 3.63) is 65.2 Å². The summed E-state index contributed by atoms with van der Waals surface area (Å²) in [7, 11) is 0. The molecular weight excluding hydrogens is 222 g/mol. The fraction of sp³-hybridized carbons (Fsp3) is 0.188. The van der Waals surface area contributed by atoms with Crippen LogP contribution in [0.5, 0.6) is 0 Å². The lowest BCUT2D eigenvalue weighted by atomic mass is 10.1. The van der Waals surface area contributed by atoms with Crippen molar-refractivity contribution in [3.63, 3.8) is 0 Å². The second-order valence-corrected chi connectivity index (χ2v) is 4.35. The molecule has 0 fully saturated rings. The van der Waals surface area contributed by atoms with Gasteiger partial charge < -0.3 is 10.1 Å². The van der Waals surface area contributed by atoms with Gasteiger partial charge in [0.05, 0.1) is 0 Å². The Morgan fingerprint density at radius 1 is 1.11 bits per heavy atom. The fourth-order valence-electron chi connectivity index (χ4n) is 1.92. The number of anilines is 1. The van der Waals surface area contributed by atoms with Crippen molar-refractivity contribution in [2.24, 2.45) is 0 Å². The first-order valence-electron chi connectivity index (χ1n) is 6.10. The van der Waals surface area contributed by atoms with Crippen molar-refractivity contribution in [1.29, 1.82) is 0 Å². The van der Waals surface area contributed by atoms with E-state index >= 15 is 0 Å². The first-order chi connectivity index (χ1) is 8.79. The van der Waals surface area contributed by atoms with Crippen LogP contribution in [0.15, 0.2) is 48.5 Å². The third-order valence-corrected chi connectivity index (χ3v) is 2.99. The Morgan fingerprint density at radius 2 is 1.89 bits per heavy atom. The zero-order valence-corrected chi connectivity index (χ0v) is 10.5. The van der Waals surface area contributed by atoms with Crippen molar-refractivity contribution >= 4 is 12.0 Å². The van der Waals surface area contributed by atoms with Gasteiger partial charge in [0.2, 0.25) is 0 Å². The van der Waals surface area contributed by atoms with E-state index in [9.17, 15) is 4.79 Å². The van der Waals surface area contributed by atoms with E-state index in [1.807, 2.05) is 37.3 Å². The molecule has 0 amide bonds. The zero-order valence-electron chi connectivity index (χ0n) is 10.5. The molecule has 2 heteroatoms. The maximum atomic E-state index is 10.5. The second-order valence-electron chi connectivity index (χ2n) is 4.35. The van der Waals surface area contributed by atoms with Crippen LogP contribution in [0.2, 0.25) is 0 Å². The lowest BCUT2D eigenvalue weighted by Crippen LogP contribution is -2.00. The fourth-order valence-corrected chi connectivity index (χ4v) is 1.92. The van der Waals surface area contributed by atoms with Gasteiger partial charge in [-0.3, -0.25) is 0 Å². The van der Waals surface area contributed by atoms with Crippen molar-refractivity contribution in [2.45, 2.75) is 19.9 Å². The monoisotopic (exact) mass is 239 g/mol. The summed E-state index contributed by atoms with van der Waals surface area (Å²) in [5.74, 6) is 0. The molecule has 0 spiro atoms. The Balaban J connectivity index is 2.02. The van der Waals surface area contributed by atoms with E-state index in [2.05, 4.69) is 23.5 Å². The highest BCUT2D eigenvalue weighted by Gasteiger charge is 1.99. The molecule has 0 aliphatic heterocycles. The predicted molar refractivity (Wildman–Crippen MR) is 74.7 cm³/mol. The highest BCUT2D eigenvalue weighted by molar-refractivity contribution is 5.58. The molecule has 0 saturated heterocycles. The van der Waals surface area contributed by atoms with Gasteiger partial charge in [-0.1, -0.05) is 36.4 Å². The standard InChI is InChI=1S/C16H17NO/c1-13-11-16(8-7-15(13)9-10-18)17-12-14-5-3-2-4-6-14/h2-8,10-11,17H,9,12H2,1H3. The summed E-state index contributed by atoms with van der Waals surface area (Å²) in [6.07, 6.45) is 1.43. The minimum Gasteiger partial charge on any atom is -0.381 e. The van der Waals surface area contributed by atoms with E-state index in [-0.39, 0.29) is 0 Å². The van der Waals surface area contributed by atoms with Crippen LogP contribution >= 0.6 is 0 Å². The van der Waals surface area contributed by atoms with Gasteiger partial charge in [-0.15, -0.1) is 0 Å². The van der Waals surface area contributed by atoms with Crippen LogP contribution in [0.1, 0.15) is 16.7 Å². The van der Waals surface area contributed by atoms with Crippen LogP contribution in [-0.4, -0.2) is 6.29 Å². The second kappa shape index (κ2) is 6.01. The summed E-state index contributed by atoms with van der Waals surface area (Å²) >= 11 is 0. The quantitative estimate of drug-likeness (QED) is 0.811. The average Bonchev–Trinajstić information content (AvgIpc) is 2.41. The topological polar surface area (TPSA) is 29.1 Å². The van der Waals surface area contributed by atoms with Crippen LogP contribution in [0, 0.1) is 6.92 Å². The Morgan fingerprint density at radius 3 is 2.56 bits per heavy atom. The van der Waals surface area contributed by atoms with Crippen molar-refractivity contribution < 1.29 is 4.79 Å². The molecule has 2 aromatic rings. The summed E-state index contributed by atoms with van der Waals surface area (Å²) in [5, 5.41) is 3.38. The van der Waals surface area contributed by atoms with Gasteiger partial charge in [0.1, 0.15) is 6.29 Å². The first-order valence-corrected chi connectivity index (χ1v) is 6.10. The van der Waals surface area contributed by atoms with E-state index in [4.69, 9.17) is 0 Å². The van der Waals surface area contributed by atoms with Crippen molar-refractivity contribution in [2.75, 3.05) is 5.32 Å². The van der Waals surface area contributed by atoms with Gasteiger partial charge >= 0.3 is 0 Å². The molecule has 0 heterocycles. The number of nitrogens with one attached hydrogen (secondary N) is 1.